The molecule has 0 spiro atoms. The third-order valence-corrected chi connectivity index (χ3v) is 4.36. The van der Waals surface area contributed by atoms with Crippen molar-refractivity contribution in [2.45, 2.75) is 31.0 Å². The van der Waals surface area contributed by atoms with E-state index in [4.69, 9.17) is 4.74 Å². The van der Waals surface area contributed by atoms with Gasteiger partial charge in [0.2, 0.25) is 0 Å². The van der Waals surface area contributed by atoms with E-state index in [0.29, 0.717) is 17.0 Å². The van der Waals surface area contributed by atoms with Crippen molar-refractivity contribution in [3.8, 4) is 0 Å². The topological polar surface area (TPSA) is 35.0 Å². The number of halogens is 3. The van der Waals surface area contributed by atoms with Crippen LogP contribution in [-0.4, -0.2) is 23.3 Å². The van der Waals surface area contributed by atoms with E-state index >= 15 is 0 Å². The van der Waals surface area contributed by atoms with E-state index in [1.54, 1.807) is 7.11 Å². The van der Waals surface area contributed by atoms with Gasteiger partial charge in [-0.05, 0) is 24.5 Å². The van der Waals surface area contributed by atoms with Crippen LogP contribution < -0.4 is 0 Å². The molecule has 0 radical (unpaired) electrons. The predicted molar refractivity (Wildman–Crippen MR) is 65.1 cm³/mol. The Morgan fingerprint density at radius 2 is 2.16 bits per heavy atom. The molecule has 102 valence electrons. The SMILES string of the molecule is COCc1nc2cc(C3(C(F)(F)F)CC3)cnc2s1. The lowest BCUT2D eigenvalue weighted by Crippen LogP contribution is -2.28. The van der Waals surface area contributed by atoms with E-state index in [1.807, 2.05) is 0 Å². The molecule has 1 aliphatic rings. The molecule has 0 aliphatic heterocycles. The van der Waals surface area contributed by atoms with E-state index < -0.39 is 11.6 Å². The molecule has 0 bridgehead atoms. The van der Waals surface area contributed by atoms with Crippen LogP contribution >= 0.6 is 11.3 Å². The molecule has 1 fully saturated rings. The lowest BCUT2D eigenvalue weighted by atomic mass is 9.97. The van der Waals surface area contributed by atoms with E-state index in [2.05, 4.69) is 9.97 Å². The van der Waals surface area contributed by atoms with E-state index in [0.717, 1.165) is 5.01 Å². The highest BCUT2D eigenvalue weighted by molar-refractivity contribution is 7.18. The molecule has 0 aromatic carbocycles. The van der Waals surface area contributed by atoms with Gasteiger partial charge in [0.1, 0.15) is 15.4 Å². The van der Waals surface area contributed by atoms with E-state index in [9.17, 15) is 13.2 Å². The summed E-state index contributed by atoms with van der Waals surface area (Å²) in [5.74, 6) is 0. The third-order valence-electron chi connectivity index (χ3n) is 3.40. The van der Waals surface area contributed by atoms with Gasteiger partial charge in [-0.1, -0.05) is 11.3 Å². The van der Waals surface area contributed by atoms with Gasteiger partial charge >= 0.3 is 6.18 Å². The number of hydrogen-bond donors (Lipinski definition) is 0. The van der Waals surface area contributed by atoms with Crippen molar-refractivity contribution in [1.29, 1.82) is 0 Å². The minimum atomic E-state index is -4.21. The second-order valence-corrected chi connectivity index (χ2v) is 5.73. The fourth-order valence-electron chi connectivity index (χ4n) is 2.18. The molecular weight excluding hydrogens is 277 g/mol. The Bertz CT molecular complexity index is 619. The standard InChI is InChI=1S/C12H11F3N2OS/c1-18-6-9-17-8-4-7(5-16-10(8)19-9)11(2-3-11)12(13,14)15/h4-5H,2-3,6H2,1H3. The number of ether oxygens (including phenoxy) is 1. The van der Waals surface area contributed by atoms with Gasteiger partial charge in [-0.25, -0.2) is 9.97 Å². The first-order valence-corrected chi connectivity index (χ1v) is 6.59. The van der Waals surface area contributed by atoms with Crippen molar-refractivity contribution in [2.24, 2.45) is 0 Å². The number of pyridine rings is 1. The Hall–Kier alpha value is -1.21. The first-order chi connectivity index (χ1) is 8.96. The van der Waals surface area contributed by atoms with Crippen LogP contribution in [0.15, 0.2) is 12.3 Å². The summed E-state index contributed by atoms with van der Waals surface area (Å²) >= 11 is 1.34. The number of thiazole rings is 1. The molecule has 2 aromatic rings. The van der Waals surface area contributed by atoms with Crippen molar-refractivity contribution in [3.63, 3.8) is 0 Å². The Labute approximate surface area is 111 Å². The molecule has 0 unspecified atom stereocenters. The molecule has 0 atom stereocenters. The zero-order valence-electron chi connectivity index (χ0n) is 10.1. The third kappa shape index (κ3) is 2.01. The van der Waals surface area contributed by atoms with Gasteiger partial charge in [-0.3, -0.25) is 0 Å². The van der Waals surface area contributed by atoms with Crippen LogP contribution in [0, 0.1) is 0 Å². The maximum atomic E-state index is 13.0. The summed E-state index contributed by atoms with van der Waals surface area (Å²) in [5, 5.41) is 0.721. The molecule has 2 heterocycles. The van der Waals surface area contributed by atoms with Crippen molar-refractivity contribution in [1.82, 2.24) is 9.97 Å². The van der Waals surface area contributed by atoms with Crippen LogP contribution in [0.3, 0.4) is 0 Å². The minimum Gasteiger partial charge on any atom is -0.378 e. The lowest BCUT2D eigenvalue weighted by Gasteiger charge is -2.18. The zero-order chi connectivity index (χ0) is 13.7. The fourth-order valence-corrected chi connectivity index (χ4v) is 3.03. The maximum absolute atomic E-state index is 13.0. The summed E-state index contributed by atoms with van der Waals surface area (Å²) in [6.45, 7) is 0.348. The highest BCUT2D eigenvalue weighted by atomic mass is 32.1. The van der Waals surface area contributed by atoms with Crippen LogP contribution in [0.2, 0.25) is 0 Å². The number of fused-ring (bicyclic) bond motifs is 1. The summed E-state index contributed by atoms with van der Waals surface area (Å²) in [6.07, 6.45) is -2.61. The largest absolute Gasteiger partial charge is 0.398 e. The molecule has 3 nitrogen and oxygen atoms in total. The molecule has 7 heteroatoms. The van der Waals surface area contributed by atoms with E-state index in [-0.39, 0.29) is 18.4 Å². The van der Waals surface area contributed by atoms with Gasteiger partial charge in [0.25, 0.3) is 0 Å². The second kappa shape index (κ2) is 4.14. The van der Waals surface area contributed by atoms with Crippen molar-refractivity contribution >= 4 is 21.7 Å². The van der Waals surface area contributed by atoms with Crippen LogP contribution in [0.4, 0.5) is 13.2 Å². The normalized spacial score (nSPS) is 17.9. The summed E-state index contributed by atoms with van der Waals surface area (Å²) < 4.78 is 44.1. The number of hydrogen-bond acceptors (Lipinski definition) is 4. The van der Waals surface area contributed by atoms with Crippen LogP contribution in [0.25, 0.3) is 10.3 Å². The number of methoxy groups -OCH3 is 1. The van der Waals surface area contributed by atoms with Crippen molar-refractivity contribution < 1.29 is 17.9 Å². The van der Waals surface area contributed by atoms with Gasteiger partial charge in [-0.2, -0.15) is 13.2 Å². The van der Waals surface area contributed by atoms with Crippen LogP contribution in [-0.2, 0) is 16.8 Å². The Kier molecular flexibility index (Phi) is 2.79. The summed E-state index contributed by atoms with van der Waals surface area (Å²) in [5.41, 5.74) is -0.953. The van der Waals surface area contributed by atoms with Crippen molar-refractivity contribution in [2.75, 3.05) is 7.11 Å². The summed E-state index contributed by atoms with van der Waals surface area (Å²) in [4.78, 5) is 9.00. The van der Waals surface area contributed by atoms with Gasteiger partial charge in [0.15, 0.2) is 0 Å². The molecule has 1 saturated carbocycles. The molecular formula is C12H11F3N2OS. The Morgan fingerprint density at radius 1 is 1.42 bits per heavy atom. The zero-order valence-corrected chi connectivity index (χ0v) is 10.9. The van der Waals surface area contributed by atoms with Gasteiger partial charge < -0.3 is 4.74 Å². The smallest absolute Gasteiger partial charge is 0.378 e. The molecule has 0 N–H and O–H groups in total. The number of nitrogens with zero attached hydrogens (tertiary/aromatic N) is 2. The number of alkyl halides is 3. The first-order valence-electron chi connectivity index (χ1n) is 5.78. The Balaban J connectivity index is 2.02. The molecule has 0 saturated heterocycles. The first kappa shape index (κ1) is 12.8. The summed E-state index contributed by atoms with van der Waals surface area (Å²) in [6, 6.07) is 1.51. The highest BCUT2D eigenvalue weighted by Gasteiger charge is 2.64. The molecule has 1 aliphatic carbocycles. The second-order valence-electron chi connectivity index (χ2n) is 4.67. The number of rotatable bonds is 3. The fraction of sp³-hybridized carbons (Fsp3) is 0.500. The van der Waals surface area contributed by atoms with Gasteiger partial charge in [0, 0.05) is 13.3 Å². The van der Waals surface area contributed by atoms with E-state index in [1.165, 1.54) is 23.6 Å². The average Bonchev–Trinajstić information content (AvgIpc) is 3.05. The van der Waals surface area contributed by atoms with Crippen LogP contribution in [0.5, 0.6) is 0 Å². The van der Waals surface area contributed by atoms with Crippen molar-refractivity contribution in [3.05, 3.63) is 22.8 Å². The van der Waals surface area contributed by atoms with Gasteiger partial charge in [0.05, 0.1) is 12.0 Å². The minimum absolute atomic E-state index is 0.138. The molecule has 0 amide bonds. The lowest BCUT2D eigenvalue weighted by molar-refractivity contribution is -0.160. The maximum Gasteiger partial charge on any atom is 0.398 e. The average molecular weight is 288 g/mol. The highest BCUT2D eigenvalue weighted by Crippen LogP contribution is 2.58. The van der Waals surface area contributed by atoms with Crippen LogP contribution in [0.1, 0.15) is 23.4 Å². The monoisotopic (exact) mass is 288 g/mol. The number of aromatic nitrogens is 2. The molecule has 19 heavy (non-hydrogen) atoms. The predicted octanol–water partition coefficient (Wildman–Crippen LogP) is 3.43. The van der Waals surface area contributed by atoms with Gasteiger partial charge in [-0.15, -0.1) is 0 Å². The molecule has 2 aromatic heterocycles. The summed E-state index contributed by atoms with van der Waals surface area (Å²) in [7, 11) is 1.55. The Morgan fingerprint density at radius 3 is 2.74 bits per heavy atom. The molecule has 3 rings (SSSR count). The quantitative estimate of drug-likeness (QED) is 0.868.